The first-order chi connectivity index (χ1) is 14.2. The zero-order valence-corrected chi connectivity index (χ0v) is 16.6. The minimum Gasteiger partial charge on any atom is -0.496 e. The van der Waals surface area contributed by atoms with Crippen molar-refractivity contribution in [1.82, 2.24) is 4.90 Å². The first-order valence-electron chi connectivity index (χ1n) is 10.1. The minimum atomic E-state index is -0.611. The van der Waals surface area contributed by atoms with Gasteiger partial charge in [0.05, 0.1) is 13.2 Å². The summed E-state index contributed by atoms with van der Waals surface area (Å²) in [5.41, 5.74) is 3.26. The second-order valence-electron chi connectivity index (χ2n) is 7.47. The van der Waals surface area contributed by atoms with E-state index in [1.165, 1.54) is 11.6 Å². The first kappa shape index (κ1) is 19.6. The van der Waals surface area contributed by atoms with Crippen LogP contribution in [0.25, 0.3) is 16.3 Å². The number of methoxy groups -OCH3 is 1. The number of fused-ring (bicyclic) bond motifs is 1. The highest BCUT2D eigenvalue weighted by Gasteiger charge is 2.18. The van der Waals surface area contributed by atoms with Gasteiger partial charge < -0.3 is 9.84 Å². The first-order valence-corrected chi connectivity index (χ1v) is 10.1. The number of benzene rings is 3. The molecule has 1 aliphatic rings. The second-order valence-corrected chi connectivity index (χ2v) is 7.47. The van der Waals surface area contributed by atoms with E-state index in [9.17, 15) is 9.50 Å². The second kappa shape index (κ2) is 8.76. The number of aliphatic hydroxyl groups is 1. The van der Waals surface area contributed by atoms with Gasteiger partial charge in [-0.15, -0.1) is 0 Å². The molecule has 0 radical (unpaired) electrons. The molecule has 150 valence electrons. The lowest BCUT2D eigenvalue weighted by molar-refractivity contribution is 0.146. The normalized spacial score (nSPS) is 15.9. The quantitative estimate of drug-likeness (QED) is 0.627. The summed E-state index contributed by atoms with van der Waals surface area (Å²) < 4.78 is 19.5. The fourth-order valence-corrected chi connectivity index (χ4v) is 4.11. The standard InChI is InChI=1S/C25H26FNO2/c1-29-25-9-5-4-6-19(25)18-12-15-27(16-13-18)17-14-24(28)22-10-11-23(26)21-8-3-2-7-20(21)22/h2-12,24,28H,13-17H2,1H3. The molecule has 1 heterocycles. The summed E-state index contributed by atoms with van der Waals surface area (Å²) in [6.07, 6.45) is 3.21. The maximum atomic E-state index is 14.0. The van der Waals surface area contributed by atoms with Crippen LogP contribution in [-0.4, -0.2) is 36.8 Å². The molecule has 4 heteroatoms. The molecule has 1 unspecified atom stereocenters. The molecule has 0 aromatic heterocycles. The predicted molar refractivity (Wildman–Crippen MR) is 116 cm³/mol. The lowest BCUT2D eigenvalue weighted by Gasteiger charge is -2.28. The Labute approximate surface area is 171 Å². The Morgan fingerprint density at radius 1 is 1.03 bits per heavy atom. The fraction of sp³-hybridized carbons (Fsp3) is 0.280. The molecule has 1 aliphatic heterocycles. The van der Waals surface area contributed by atoms with Crippen LogP contribution in [0.1, 0.15) is 30.1 Å². The van der Waals surface area contributed by atoms with Crippen molar-refractivity contribution in [2.24, 2.45) is 0 Å². The van der Waals surface area contributed by atoms with Crippen LogP contribution in [0, 0.1) is 5.82 Å². The number of halogens is 1. The van der Waals surface area contributed by atoms with Crippen LogP contribution in [0.4, 0.5) is 4.39 Å². The maximum Gasteiger partial charge on any atom is 0.131 e. The number of nitrogens with zero attached hydrogens (tertiary/aromatic N) is 1. The highest BCUT2D eigenvalue weighted by atomic mass is 19.1. The van der Waals surface area contributed by atoms with Gasteiger partial charge in [0.1, 0.15) is 11.6 Å². The largest absolute Gasteiger partial charge is 0.496 e. The van der Waals surface area contributed by atoms with E-state index in [0.29, 0.717) is 11.8 Å². The van der Waals surface area contributed by atoms with Crippen LogP contribution in [-0.2, 0) is 0 Å². The van der Waals surface area contributed by atoms with E-state index < -0.39 is 6.10 Å². The molecule has 0 spiro atoms. The molecular formula is C25H26FNO2. The smallest absolute Gasteiger partial charge is 0.131 e. The molecule has 0 amide bonds. The molecule has 3 aromatic rings. The van der Waals surface area contributed by atoms with Gasteiger partial charge >= 0.3 is 0 Å². The van der Waals surface area contributed by atoms with Crippen LogP contribution in [0.5, 0.6) is 5.75 Å². The van der Waals surface area contributed by atoms with Crippen LogP contribution in [0.2, 0.25) is 0 Å². The van der Waals surface area contributed by atoms with Gasteiger partial charge in [-0.05, 0) is 41.5 Å². The number of aliphatic hydroxyl groups excluding tert-OH is 1. The Morgan fingerprint density at radius 3 is 2.55 bits per heavy atom. The highest BCUT2D eigenvalue weighted by Crippen LogP contribution is 2.31. The van der Waals surface area contributed by atoms with Crippen molar-refractivity contribution in [2.45, 2.75) is 18.9 Å². The molecule has 0 bridgehead atoms. The van der Waals surface area contributed by atoms with Gasteiger partial charge in [0, 0.05) is 30.6 Å². The lowest BCUT2D eigenvalue weighted by Crippen LogP contribution is -2.30. The average molecular weight is 391 g/mol. The van der Waals surface area contributed by atoms with E-state index in [1.807, 2.05) is 36.4 Å². The summed E-state index contributed by atoms with van der Waals surface area (Å²) in [5, 5.41) is 12.1. The summed E-state index contributed by atoms with van der Waals surface area (Å²) >= 11 is 0. The van der Waals surface area contributed by atoms with Crippen LogP contribution in [0.3, 0.4) is 0 Å². The summed E-state index contributed by atoms with van der Waals surface area (Å²) in [4.78, 5) is 2.34. The molecule has 0 aliphatic carbocycles. The number of ether oxygens (including phenoxy) is 1. The molecule has 29 heavy (non-hydrogen) atoms. The number of hydrogen-bond donors (Lipinski definition) is 1. The Bertz CT molecular complexity index is 1030. The van der Waals surface area contributed by atoms with E-state index >= 15 is 0 Å². The Balaban J connectivity index is 1.41. The Hall–Kier alpha value is -2.69. The van der Waals surface area contributed by atoms with E-state index in [0.717, 1.165) is 48.3 Å². The number of hydrogen-bond acceptors (Lipinski definition) is 3. The van der Waals surface area contributed by atoms with Gasteiger partial charge in [-0.1, -0.05) is 54.6 Å². The summed E-state index contributed by atoms with van der Waals surface area (Å²) in [5.74, 6) is 0.660. The van der Waals surface area contributed by atoms with Crippen molar-refractivity contribution >= 4 is 16.3 Å². The van der Waals surface area contributed by atoms with Gasteiger partial charge in [0.25, 0.3) is 0 Å². The Morgan fingerprint density at radius 2 is 1.79 bits per heavy atom. The number of para-hydroxylation sites is 1. The maximum absolute atomic E-state index is 14.0. The van der Waals surface area contributed by atoms with Crippen LogP contribution >= 0.6 is 0 Å². The molecule has 3 aromatic carbocycles. The molecule has 3 nitrogen and oxygen atoms in total. The molecule has 0 saturated carbocycles. The van der Waals surface area contributed by atoms with Crippen molar-refractivity contribution in [1.29, 1.82) is 0 Å². The topological polar surface area (TPSA) is 32.7 Å². The monoisotopic (exact) mass is 391 g/mol. The van der Waals surface area contributed by atoms with E-state index in [4.69, 9.17) is 4.74 Å². The lowest BCUT2D eigenvalue weighted by atomic mass is 9.97. The molecule has 0 saturated heterocycles. The Kier molecular flexibility index (Phi) is 5.93. The molecule has 1 N–H and O–H groups in total. The molecular weight excluding hydrogens is 365 g/mol. The summed E-state index contributed by atoms with van der Waals surface area (Å²) in [7, 11) is 1.70. The van der Waals surface area contributed by atoms with Crippen molar-refractivity contribution in [2.75, 3.05) is 26.7 Å². The fourth-order valence-electron chi connectivity index (χ4n) is 4.11. The van der Waals surface area contributed by atoms with Gasteiger partial charge in [0.2, 0.25) is 0 Å². The van der Waals surface area contributed by atoms with E-state index in [-0.39, 0.29) is 5.82 Å². The van der Waals surface area contributed by atoms with Crippen molar-refractivity contribution in [3.63, 3.8) is 0 Å². The third-order valence-electron chi connectivity index (χ3n) is 5.73. The van der Waals surface area contributed by atoms with Crippen molar-refractivity contribution in [3.05, 3.63) is 83.7 Å². The zero-order chi connectivity index (χ0) is 20.2. The third kappa shape index (κ3) is 4.19. The molecule has 0 fully saturated rings. The summed E-state index contributed by atoms with van der Waals surface area (Å²) in [6.45, 7) is 2.59. The van der Waals surface area contributed by atoms with Gasteiger partial charge in [0.15, 0.2) is 0 Å². The van der Waals surface area contributed by atoms with Gasteiger partial charge in [-0.25, -0.2) is 4.39 Å². The summed E-state index contributed by atoms with van der Waals surface area (Å²) in [6, 6.07) is 18.6. The predicted octanol–water partition coefficient (Wildman–Crippen LogP) is 5.20. The van der Waals surface area contributed by atoms with Gasteiger partial charge in [-0.3, -0.25) is 4.90 Å². The molecule has 1 atom stereocenters. The average Bonchev–Trinajstić information content (AvgIpc) is 2.78. The minimum absolute atomic E-state index is 0.249. The number of rotatable bonds is 6. The SMILES string of the molecule is COc1ccccc1C1=CCN(CCC(O)c2ccc(F)c3ccccc23)CC1. The zero-order valence-electron chi connectivity index (χ0n) is 16.6. The van der Waals surface area contributed by atoms with E-state index in [2.05, 4.69) is 17.0 Å². The third-order valence-corrected chi connectivity index (χ3v) is 5.73. The van der Waals surface area contributed by atoms with Crippen molar-refractivity contribution in [3.8, 4) is 5.75 Å². The highest BCUT2D eigenvalue weighted by molar-refractivity contribution is 5.86. The molecule has 4 rings (SSSR count). The van der Waals surface area contributed by atoms with Crippen LogP contribution < -0.4 is 4.74 Å². The van der Waals surface area contributed by atoms with Crippen molar-refractivity contribution < 1.29 is 14.2 Å². The van der Waals surface area contributed by atoms with Gasteiger partial charge in [-0.2, -0.15) is 0 Å². The van der Waals surface area contributed by atoms with Crippen LogP contribution in [0.15, 0.2) is 66.7 Å². The van der Waals surface area contributed by atoms with E-state index in [1.54, 1.807) is 19.2 Å².